The van der Waals surface area contributed by atoms with Gasteiger partial charge in [0.2, 0.25) is 5.91 Å². The smallest absolute Gasteiger partial charge is 0.372 e. The Labute approximate surface area is 212 Å². The van der Waals surface area contributed by atoms with E-state index in [-0.39, 0.29) is 36.1 Å². The van der Waals surface area contributed by atoms with Crippen LogP contribution in [-0.2, 0) is 21.9 Å². The fourth-order valence-corrected chi connectivity index (χ4v) is 5.63. The Kier molecular flexibility index (Phi) is 7.63. The lowest BCUT2D eigenvalue weighted by Crippen LogP contribution is -2.68. The third-order valence-electron chi connectivity index (χ3n) is 7.68. The van der Waals surface area contributed by atoms with Crippen LogP contribution < -0.4 is 0 Å². The number of piperazine rings is 1. The molecule has 4 atom stereocenters. The van der Waals surface area contributed by atoms with E-state index in [2.05, 4.69) is 4.90 Å². The molecule has 0 aromatic heterocycles. The molecule has 37 heavy (non-hydrogen) atoms. The van der Waals surface area contributed by atoms with Crippen LogP contribution in [0.3, 0.4) is 0 Å². The summed E-state index contributed by atoms with van der Waals surface area (Å²) in [6.07, 6.45) is 2.26. The molecule has 0 saturated carbocycles. The van der Waals surface area contributed by atoms with Crippen molar-refractivity contribution in [3.63, 3.8) is 0 Å². The van der Waals surface area contributed by atoms with Crippen molar-refractivity contribution in [1.29, 1.82) is 0 Å². The predicted octanol–water partition coefficient (Wildman–Crippen LogP) is 6.17. The number of fused-ring (bicyclic) bond motifs is 2. The second-order valence-corrected chi connectivity index (χ2v) is 9.93. The van der Waals surface area contributed by atoms with Crippen molar-refractivity contribution in [1.82, 2.24) is 9.80 Å². The maximum absolute atomic E-state index is 13.4. The average molecular weight is 529 g/mol. The number of benzene rings is 1. The van der Waals surface area contributed by atoms with Crippen molar-refractivity contribution in [2.45, 2.75) is 56.7 Å². The lowest BCUT2D eigenvalue weighted by Gasteiger charge is -2.57. The molecule has 2 heterocycles. The van der Waals surface area contributed by atoms with Gasteiger partial charge in [0.05, 0.1) is 29.4 Å². The molecule has 10 heteroatoms. The molecule has 1 aromatic carbocycles. The van der Waals surface area contributed by atoms with E-state index in [1.165, 1.54) is 6.92 Å². The van der Waals surface area contributed by atoms with Crippen molar-refractivity contribution < 1.29 is 35.9 Å². The molecule has 0 spiro atoms. The van der Waals surface area contributed by atoms with Crippen molar-refractivity contribution in [3.8, 4) is 0 Å². The zero-order valence-electron chi connectivity index (χ0n) is 20.6. The second-order valence-electron chi connectivity index (χ2n) is 9.93. The van der Waals surface area contributed by atoms with E-state index in [9.17, 15) is 31.1 Å². The maximum atomic E-state index is 13.4. The molecular weight excluding hydrogens is 498 g/mol. The molecule has 2 bridgehead atoms. The Morgan fingerprint density at radius 3 is 2.14 bits per heavy atom. The van der Waals surface area contributed by atoms with Gasteiger partial charge in [-0.1, -0.05) is 36.5 Å². The number of rotatable bonds is 5. The fraction of sp³-hybridized carbons (Fsp3) is 0.519. The van der Waals surface area contributed by atoms with Crippen LogP contribution in [0.1, 0.15) is 49.5 Å². The van der Waals surface area contributed by atoms with Crippen molar-refractivity contribution in [3.05, 3.63) is 71.3 Å². The summed E-state index contributed by atoms with van der Waals surface area (Å²) in [6, 6.07) is 1.64. The summed E-state index contributed by atoms with van der Waals surface area (Å²) in [6.45, 7) is 4.92. The monoisotopic (exact) mass is 528 g/mol. The van der Waals surface area contributed by atoms with E-state index >= 15 is 0 Å². The standard InChI is InChI=1S/C27H30F6N2O2/c1-18(20-13-22(26(28,29)30)15-23(14-20)27(31,32)33)37-17-25(21-7-5-3-4-6-8-21)10-9-24-16-34(25)11-12-35(24)19(2)36/h3-8,13-15,18,21,24H,9-12,16-17H2,1-2H3/t18-,24-,25-/m1/s1. The third-order valence-corrected chi connectivity index (χ3v) is 7.68. The van der Waals surface area contributed by atoms with Gasteiger partial charge < -0.3 is 9.64 Å². The van der Waals surface area contributed by atoms with Gasteiger partial charge in [0.1, 0.15) is 0 Å². The molecule has 3 aliphatic rings. The van der Waals surface area contributed by atoms with Crippen LogP contribution in [0.5, 0.6) is 0 Å². The van der Waals surface area contributed by atoms with E-state index in [0.29, 0.717) is 26.1 Å². The van der Waals surface area contributed by atoms with E-state index < -0.39 is 35.1 Å². The average Bonchev–Trinajstić information content (AvgIpc) is 3.12. The maximum Gasteiger partial charge on any atom is 0.416 e. The van der Waals surface area contributed by atoms with E-state index in [4.69, 9.17) is 4.74 Å². The van der Waals surface area contributed by atoms with Crippen LogP contribution in [0.4, 0.5) is 26.3 Å². The summed E-state index contributed by atoms with van der Waals surface area (Å²) in [7, 11) is 0. The Morgan fingerprint density at radius 2 is 1.59 bits per heavy atom. The number of piperidine rings is 1. The quantitative estimate of drug-likeness (QED) is 0.429. The Hall–Kier alpha value is -2.59. The van der Waals surface area contributed by atoms with Gasteiger partial charge in [-0.25, -0.2) is 0 Å². The first kappa shape index (κ1) is 27.4. The number of ether oxygens (including phenoxy) is 1. The molecule has 4 rings (SSSR count). The van der Waals surface area contributed by atoms with Gasteiger partial charge in [-0.3, -0.25) is 9.69 Å². The zero-order chi connectivity index (χ0) is 27.0. The lowest BCUT2D eigenvalue weighted by molar-refractivity contribution is -0.145. The molecule has 1 amide bonds. The highest BCUT2D eigenvalue weighted by Gasteiger charge is 2.49. The number of nitrogens with zero attached hydrogens (tertiary/aromatic N) is 2. The molecule has 202 valence electrons. The molecule has 2 saturated heterocycles. The van der Waals surface area contributed by atoms with E-state index in [0.717, 1.165) is 18.6 Å². The topological polar surface area (TPSA) is 32.8 Å². The minimum atomic E-state index is -4.92. The highest BCUT2D eigenvalue weighted by atomic mass is 19.4. The van der Waals surface area contributed by atoms with Gasteiger partial charge in [0, 0.05) is 38.5 Å². The van der Waals surface area contributed by atoms with Crippen LogP contribution >= 0.6 is 0 Å². The molecular formula is C27H30F6N2O2. The van der Waals surface area contributed by atoms with Gasteiger partial charge in [0.15, 0.2) is 0 Å². The summed E-state index contributed by atoms with van der Waals surface area (Å²) in [5.41, 5.74) is -3.45. The first-order chi connectivity index (χ1) is 17.3. The van der Waals surface area contributed by atoms with Gasteiger partial charge in [0.25, 0.3) is 0 Å². The number of hydrogen-bond acceptors (Lipinski definition) is 3. The molecule has 4 nitrogen and oxygen atoms in total. The van der Waals surface area contributed by atoms with Crippen molar-refractivity contribution in [2.24, 2.45) is 5.92 Å². The van der Waals surface area contributed by atoms with Gasteiger partial charge in [-0.2, -0.15) is 26.3 Å². The fourth-order valence-electron chi connectivity index (χ4n) is 5.63. The van der Waals surface area contributed by atoms with Crippen LogP contribution in [0, 0.1) is 5.92 Å². The summed E-state index contributed by atoms with van der Waals surface area (Å²) in [5.74, 6) is -0.0720. The van der Waals surface area contributed by atoms with Gasteiger partial charge in [-0.15, -0.1) is 0 Å². The molecule has 2 aliphatic heterocycles. The highest BCUT2D eigenvalue weighted by molar-refractivity contribution is 5.73. The Morgan fingerprint density at radius 1 is 1.00 bits per heavy atom. The van der Waals surface area contributed by atoms with Gasteiger partial charge >= 0.3 is 12.4 Å². The van der Waals surface area contributed by atoms with Crippen molar-refractivity contribution in [2.75, 3.05) is 26.2 Å². The number of amides is 1. The summed E-state index contributed by atoms with van der Waals surface area (Å²) >= 11 is 0. The van der Waals surface area contributed by atoms with Gasteiger partial charge in [-0.05, 0) is 43.5 Å². The van der Waals surface area contributed by atoms with Crippen molar-refractivity contribution >= 4 is 5.91 Å². The zero-order valence-corrected chi connectivity index (χ0v) is 20.6. The predicted molar refractivity (Wildman–Crippen MR) is 126 cm³/mol. The number of allylic oxidation sites excluding steroid dienone is 4. The molecule has 0 radical (unpaired) electrons. The number of carbonyl (C=O) groups excluding carboxylic acids is 1. The van der Waals surface area contributed by atoms with E-state index in [1.807, 2.05) is 41.4 Å². The van der Waals surface area contributed by atoms with E-state index in [1.54, 1.807) is 6.92 Å². The van der Waals surface area contributed by atoms with Crippen LogP contribution in [-0.4, -0.2) is 53.5 Å². The summed E-state index contributed by atoms with van der Waals surface area (Å²) < 4.78 is 86.4. The number of carbonyl (C=O) groups is 1. The van der Waals surface area contributed by atoms with Crippen LogP contribution in [0.15, 0.2) is 54.7 Å². The molecule has 2 fully saturated rings. The normalized spacial score (nSPS) is 27.3. The summed E-state index contributed by atoms with van der Waals surface area (Å²) in [5, 5.41) is 0. The minimum Gasteiger partial charge on any atom is -0.372 e. The molecule has 1 aliphatic carbocycles. The Bertz CT molecular complexity index is 1050. The second kappa shape index (κ2) is 10.3. The van der Waals surface area contributed by atoms with Crippen LogP contribution in [0.25, 0.3) is 0 Å². The number of halogens is 6. The first-order valence-electron chi connectivity index (χ1n) is 12.3. The minimum absolute atomic E-state index is 0.0190. The molecule has 1 unspecified atom stereocenters. The first-order valence-corrected chi connectivity index (χ1v) is 12.3. The SMILES string of the molecule is CC(=O)N1CCN2C[C@H]1CC[C@@]2(CO[C@H](C)c1cc(C(F)(F)F)cc(C(F)(F)F)c1)C1C=CC=CC=C1. The van der Waals surface area contributed by atoms with Crippen LogP contribution in [0.2, 0.25) is 0 Å². The number of hydrogen-bond donors (Lipinski definition) is 0. The molecule has 0 N–H and O–H groups in total. The summed E-state index contributed by atoms with van der Waals surface area (Å²) in [4.78, 5) is 16.2. The lowest BCUT2D eigenvalue weighted by atomic mass is 9.73. The Balaban J connectivity index is 1.62. The third kappa shape index (κ3) is 5.80. The highest BCUT2D eigenvalue weighted by Crippen LogP contribution is 2.42. The largest absolute Gasteiger partial charge is 0.416 e. The molecule has 1 aromatic rings. The number of alkyl halides is 6.